The van der Waals surface area contributed by atoms with Crippen LogP contribution in [0.2, 0.25) is 0 Å². The molecule has 0 saturated heterocycles. The topological polar surface area (TPSA) is 52.5 Å². The van der Waals surface area contributed by atoms with E-state index in [-0.39, 0.29) is 12.5 Å². The summed E-state index contributed by atoms with van der Waals surface area (Å²) >= 11 is 5.49. The van der Waals surface area contributed by atoms with Gasteiger partial charge in [0, 0.05) is 18.8 Å². The fraction of sp³-hybridized carbons (Fsp3) is 0.455. The van der Waals surface area contributed by atoms with Crippen LogP contribution in [0.5, 0.6) is 0 Å². The van der Waals surface area contributed by atoms with Crippen LogP contribution in [0.4, 0.5) is 5.69 Å². The average Bonchev–Trinajstić information content (AvgIpc) is 2.28. The van der Waals surface area contributed by atoms with E-state index in [0.717, 1.165) is 11.3 Å². The fourth-order valence-electron chi connectivity index (χ4n) is 1.31. The molecule has 0 amide bonds. The van der Waals surface area contributed by atoms with Crippen LogP contribution in [0.15, 0.2) is 24.3 Å². The average molecular weight is 230 g/mol. The van der Waals surface area contributed by atoms with Crippen LogP contribution in [-0.4, -0.2) is 35.3 Å². The van der Waals surface area contributed by atoms with Crippen LogP contribution < -0.4 is 5.32 Å². The SMILES string of the molecule is OCCc1ccccc1NCC(O)CCl. The normalized spacial score (nSPS) is 12.5. The lowest BCUT2D eigenvalue weighted by Gasteiger charge is -2.13. The van der Waals surface area contributed by atoms with E-state index in [1.165, 1.54) is 0 Å². The number of rotatable bonds is 6. The second kappa shape index (κ2) is 6.67. The molecule has 84 valence electrons. The summed E-state index contributed by atoms with van der Waals surface area (Å²) in [6, 6.07) is 7.71. The molecule has 4 heteroatoms. The Bertz CT molecular complexity index is 294. The molecule has 0 radical (unpaired) electrons. The summed E-state index contributed by atoms with van der Waals surface area (Å²) in [4.78, 5) is 0. The molecule has 0 aliphatic heterocycles. The van der Waals surface area contributed by atoms with Crippen molar-refractivity contribution in [3.05, 3.63) is 29.8 Å². The van der Waals surface area contributed by atoms with E-state index in [9.17, 15) is 5.11 Å². The van der Waals surface area contributed by atoms with E-state index in [1.54, 1.807) is 0 Å². The first-order chi connectivity index (χ1) is 7.27. The van der Waals surface area contributed by atoms with Crippen LogP contribution in [0.25, 0.3) is 0 Å². The van der Waals surface area contributed by atoms with Gasteiger partial charge in [0.2, 0.25) is 0 Å². The number of anilines is 1. The Kier molecular flexibility index (Phi) is 5.47. The second-order valence-electron chi connectivity index (χ2n) is 3.32. The van der Waals surface area contributed by atoms with Gasteiger partial charge < -0.3 is 15.5 Å². The van der Waals surface area contributed by atoms with Gasteiger partial charge in [0.1, 0.15) is 0 Å². The third kappa shape index (κ3) is 4.08. The molecular weight excluding hydrogens is 214 g/mol. The Balaban J connectivity index is 2.58. The maximum absolute atomic E-state index is 9.30. The van der Waals surface area contributed by atoms with Gasteiger partial charge in [-0.3, -0.25) is 0 Å². The van der Waals surface area contributed by atoms with E-state index >= 15 is 0 Å². The van der Waals surface area contributed by atoms with Gasteiger partial charge in [-0.25, -0.2) is 0 Å². The molecule has 0 aromatic heterocycles. The van der Waals surface area contributed by atoms with Crippen molar-refractivity contribution in [1.82, 2.24) is 0 Å². The Morgan fingerprint density at radius 2 is 2.07 bits per heavy atom. The van der Waals surface area contributed by atoms with Gasteiger partial charge in [0.05, 0.1) is 12.0 Å². The lowest BCUT2D eigenvalue weighted by Crippen LogP contribution is -2.21. The van der Waals surface area contributed by atoms with Gasteiger partial charge in [-0.15, -0.1) is 11.6 Å². The molecule has 0 bridgehead atoms. The Labute approximate surface area is 94.7 Å². The first-order valence-electron chi connectivity index (χ1n) is 4.94. The maximum Gasteiger partial charge on any atom is 0.0847 e. The van der Waals surface area contributed by atoms with Crippen molar-refractivity contribution in [2.45, 2.75) is 12.5 Å². The molecule has 15 heavy (non-hydrogen) atoms. The zero-order valence-corrected chi connectivity index (χ0v) is 9.24. The molecule has 1 unspecified atom stereocenters. The maximum atomic E-state index is 9.30. The number of alkyl halides is 1. The highest BCUT2D eigenvalue weighted by molar-refractivity contribution is 6.18. The molecule has 0 aliphatic carbocycles. The van der Waals surface area contributed by atoms with Gasteiger partial charge in [-0.05, 0) is 18.1 Å². The van der Waals surface area contributed by atoms with Crippen LogP contribution in [0, 0.1) is 0 Å². The molecule has 1 aromatic rings. The first-order valence-corrected chi connectivity index (χ1v) is 5.48. The van der Waals surface area contributed by atoms with Crippen LogP contribution in [-0.2, 0) is 6.42 Å². The van der Waals surface area contributed by atoms with Crippen molar-refractivity contribution >= 4 is 17.3 Å². The van der Waals surface area contributed by atoms with E-state index in [2.05, 4.69) is 5.32 Å². The van der Waals surface area contributed by atoms with Crippen molar-refractivity contribution in [2.24, 2.45) is 0 Å². The van der Waals surface area contributed by atoms with Gasteiger partial charge in [0.25, 0.3) is 0 Å². The number of hydrogen-bond donors (Lipinski definition) is 3. The molecule has 0 spiro atoms. The predicted octanol–water partition coefficient (Wildman–Crippen LogP) is 1.23. The van der Waals surface area contributed by atoms with E-state index in [1.807, 2.05) is 24.3 Å². The zero-order valence-electron chi connectivity index (χ0n) is 8.49. The fourth-order valence-corrected chi connectivity index (χ4v) is 1.42. The molecule has 0 fully saturated rings. The molecule has 3 N–H and O–H groups in total. The molecule has 0 aliphatic rings. The monoisotopic (exact) mass is 229 g/mol. The minimum absolute atomic E-state index is 0.122. The van der Waals surface area contributed by atoms with Crippen LogP contribution in [0.1, 0.15) is 5.56 Å². The van der Waals surface area contributed by atoms with Gasteiger partial charge in [0.15, 0.2) is 0 Å². The summed E-state index contributed by atoms with van der Waals surface area (Å²) < 4.78 is 0. The lowest BCUT2D eigenvalue weighted by molar-refractivity contribution is 0.211. The number of halogens is 1. The highest BCUT2D eigenvalue weighted by Gasteiger charge is 2.04. The van der Waals surface area contributed by atoms with Gasteiger partial charge in [-0.1, -0.05) is 18.2 Å². The number of benzene rings is 1. The van der Waals surface area contributed by atoms with Crippen molar-refractivity contribution < 1.29 is 10.2 Å². The molecule has 1 rings (SSSR count). The highest BCUT2D eigenvalue weighted by atomic mass is 35.5. The molecular formula is C11H16ClNO2. The summed E-state index contributed by atoms with van der Waals surface area (Å²) in [7, 11) is 0. The highest BCUT2D eigenvalue weighted by Crippen LogP contribution is 2.15. The van der Waals surface area contributed by atoms with Gasteiger partial charge in [-0.2, -0.15) is 0 Å². The van der Waals surface area contributed by atoms with E-state index in [0.29, 0.717) is 13.0 Å². The van der Waals surface area contributed by atoms with Crippen molar-refractivity contribution in [1.29, 1.82) is 0 Å². The quantitative estimate of drug-likeness (QED) is 0.644. The summed E-state index contributed by atoms with van der Waals surface area (Å²) in [5.41, 5.74) is 1.98. The predicted molar refractivity (Wildman–Crippen MR) is 62.4 cm³/mol. The number of hydrogen-bond acceptors (Lipinski definition) is 3. The molecule has 0 heterocycles. The Morgan fingerprint density at radius 1 is 1.33 bits per heavy atom. The number of aliphatic hydroxyl groups is 2. The van der Waals surface area contributed by atoms with E-state index in [4.69, 9.17) is 16.7 Å². The number of para-hydroxylation sites is 1. The number of aliphatic hydroxyl groups excluding tert-OH is 2. The molecule has 1 atom stereocenters. The summed E-state index contributed by atoms with van der Waals surface area (Å²) in [5, 5.41) is 21.3. The summed E-state index contributed by atoms with van der Waals surface area (Å²) in [6.07, 6.45) is 0.0639. The van der Waals surface area contributed by atoms with Crippen molar-refractivity contribution in [3.8, 4) is 0 Å². The lowest BCUT2D eigenvalue weighted by atomic mass is 10.1. The first kappa shape index (κ1) is 12.3. The van der Waals surface area contributed by atoms with Crippen molar-refractivity contribution in [3.63, 3.8) is 0 Å². The van der Waals surface area contributed by atoms with Crippen LogP contribution in [0.3, 0.4) is 0 Å². The van der Waals surface area contributed by atoms with E-state index < -0.39 is 6.10 Å². The third-order valence-corrected chi connectivity index (χ3v) is 2.46. The third-order valence-electron chi connectivity index (χ3n) is 2.10. The smallest absolute Gasteiger partial charge is 0.0847 e. The van der Waals surface area contributed by atoms with Crippen LogP contribution >= 0.6 is 11.6 Å². The summed E-state index contributed by atoms with van der Waals surface area (Å²) in [6.45, 7) is 0.544. The zero-order chi connectivity index (χ0) is 11.1. The van der Waals surface area contributed by atoms with Crippen molar-refractivity contribution in [2.75, 3.05) is 24.3 Å². The Morgan fingerprint density at radius 3 is 2.73 bits per heavy atom. The molecule has 1 aromatic carbocycles. The molecule has 3 nitrogen and oxygen atoms in total. The molecule has 0 saturated carbocycles. The van der Waals surface area contributed by atoms with Gasteiger partial charge >= 0.3 is 0 Å². The minimum atomic E-state index is -0.547. The standard InChI is InChI=1S/C11H16ClNO2/c12-7-10(15)8-13-11-4-2-1-3-9(11)5-6-14/h1-4,10,13-15H,5-8H2. The number of nitrogens with one attached hydrogen (secondary N) is 1. The minimum Gasteiger partial charge on any atom is -0.396 e. The second-order valence-corrected chi connectivity index (χ2v) is 3.63. The Hall–Kier alpha value is -0.770. The summed E-state index contributed by atoms with van der Waals surface area (Å²) in [5.74, 6) is 0.217. The largest absolute Gasteiger partial charge is 0.396 e.